The van der Waals surface area contributed by atoms with Gasteiger partial charge >= 0.3 is 18.2 Å². The number of nitrogens with one attached hydrogen (secondary N) is 1. The largest absolute Gasteiger partial charge is 0.465 e. The van der Waals surface area contributed by atoms with Gasteiger partial charge in [-0.2, -0.15) is 0 Å². The number of esters is 1. The highest BCUT2D eigenvalue weighted by Gasteiger charge is 2.38. The van der Waals surface area contributed by atoms with Crippen LogP contribution >= 0.6 is 0 Å². The normalized spacial score (nSPS) is 19.1. The molecule has 0 aliphatic carbocycles. The minimum atomic E-state index is -0.637. The summed E-state index contributed by atoms with van der Waals surface area (Å²) < 4.78 is 15.7. The fourth-order valence-corrected chi connectivity index (χ4v) is 2.85. The van der Waals surface area contributed by atoms with E-state index >= 15 is 0 Å². The lowest BCUT2D eigenvalue weighted by Gasteiger charge is -2.23. The molecule has 2 amide bonds. The van der Waals surface area contributed by atoms with Crippen molar-refractivity contribution in [2.75, 3.05) is 19.7 Å². The molecular weight excluding hydrogens is 364 g/mol. The molecule has 1 fully saturated rings. The van der Waals surface area contributed by atoms with Crippen LogP contribution in [0.1, 0.15) is 33.3 Å². The van der Waals surface area contributed by atoms with Crippen LogP contribution in [0.25, 0.3) is 0 Å². The van der Waals surface area contributed by atoms with Crippen LogP contribution < -0.4 is 5.32 Å². The fraction of sp³-hybridized carbons (Fsp3) is 0.550. The third kappa shape index (κ3) is 7.09. The molecule has 1 aliphatic rings. The van der Waals surface area contributed by atoms with Gasteiger partial charge in [0.05, 0.1) is 12.6 Å². The smallest absolute Gasteiger partial charge is 0.410 e. The number of nitrogens with zero attached hydrogens (tertiary/aromatic N) is 1. The molecule has 1 saturated heterocycles. The summed E-state index contributed by atoms with van der Waals surface area (Å²) in [5.41, 5.74) is 0.248. The number of carbonyl (C=O) groups is 3. The van der Waals surface area contributed by atoms with Gasteiger partial charge in [0, 0.05) is 25.9 Å². The molecule has 1 aromatic rings. The molecule has 2 rings (SSSR count). The summed E-state index contributed by atoms with van der Waals surface area (Å²) >= 11 is 0. The lowest BCUT2D eigenvalue weighted by Crippen LogP contribution is -2.44. The Kier molecular flexibility index (Phi) is 7.25. The molecule has 1 aromatic carbocycles. The number of rotatable bonds is 5. The van der Waals surface area contributed by atoms with Crippen molar-refractivity contribution in [3.63, 3.8) is 0 Å². The Morgan fingerprint density at radius 1 is 1.11 bits per heavy atom. The third-order valence-corrected chi connectivity index (χ3v) is 4.11. The van der Waals surface area contributed by atoms with Crippen LogP contribution in [0.15, 0.2) is 30.3 Å². The minimum absolute atomic E-state index is 0.0955. The standard InChI is InChI=1S/C20H28N2O6/c1-14(23)26-13-16-10-22(11-17(16)21-18(24)28-20(2,3)4)19(25)27-12-15-8-6-5-7-9-15/h5-9,16-17H,10-13H2,1-4H3,(H,21,24)/t16-,17-/m1/s1. The number of hydrogen-bond donors (Lipinski definition) is 1. The van der Waals surface area contributed by atoms with Crippen molar-refractivity contribution in [3.05, 3.63) is 35.9 Å². The summed E-state index contributed by atoms with van der Waals surface area (Å²) in [5.74, 6) is -0.665. The molecular formula is C20H28N2O6. The van der Waals surface area contributed by atoms with Gasteiger partial charge < -0.3 is 24.4 Å². The molecule has 1 heterocycles. The first-order chi connectivity index (χ1) is 13.1. The van der Waals surface area contributed by atoms with E-state index in [1.54, 1.807) is 20.8 Å². The topological polar surface area (TPSA) is 94.2 Å². The van der Waals surface area contributed by atoms with Crippen LogP contribution in [0.4, 0.5) is 9.59 Å². The minimum Gasteiger partial charge on any atom is -0.465 e. The van der Waals surface area contributed by atoms with Gasteiger partial charge in [-0.3, -0.25) is 4.79 Å². The maximum absolute atomic E-state index is 12.4. The van der Waals surface area contributed by atoms with Crippen LogP contribution in [0, 0.1) is 5.92 Å². The number of amides is 2. The average Bonchev–Trinajstić information content (AvgIpc) is 2.99. The second kappa shape index (κ2) is 9.43. The van der Waals surface area contributed by atoms with Crippen molar-refractivity contribution in [1.29, 1.82) is 0 Å². The summed E-state index contributed by atoms with van der Waals surface area (Å²) in [6, 6.07) is 8.96. The average molecular weight is 392 g/mol. The van der Waals surface area contributed by atoms with Gasteiger partial charge in [0.2, 0.25) is 0 Å². The number of alkyl carbamates (subject to hydrolysis) is 1. The summed E-state index contributed by atoms with van der Waals surface area (Å²) in [4.78, 5) is 37.2. The zero-order valence-corrected chi connectivity index (χ0v) is 16.8. The first kappa shape index (κ1) is 21.5. The van der Waals surface area contributed by atoms with Crippen molar-refractivity contribution in [3.8, 4) is 0 Å². The van der Waals surface area contributed by atoms with E-state index in [1.807, 2.05) is 30.3 Å². The highest BCUT2D eigenvalue weighted by atomic mass is 16.6. The Morgan fingerprint density at radius 3 is 2.39 bits per heavy atom. The first-order valence-electron chi connectivity index (χ1n) is 9.22. The number of hydrogen-bond acceptors (Lipinski definition) is 6. The van der Waals surface area contributed by atoms with Gasteiger partial charge in [0.25, 0.3) is 0 Å². The number of benzene rings is 1. The zero-order valence-electron chi connectivity index (χ0n) is 16.8. The van der Waals surface area contributed by atoms with Gasteiger partial charge in [-0.05, 0) is 26.3 Å². The van der Waals surface area contributed by atoms with Crippen LogP contribution in [-0.4, -0.2) is 54.4 Å². The molecule has 8 nitrogen and oxygen atoms in total. The quantitative estimate of drug-likeness (QED) is 0.612. The van der Waals surface area contributed by atoms with E-state index in [0.29, 0.717) is 6.54 Å². The van der Waals surface area contributed by atoms with Crippen molar-refractivity contribution in [2.24, 2.45) is 5.92 Å². The molecule has 2 atom stereocenters. The van der Waals surface area contributed by atoms with E-state index in [1.165, 1.54) is 11.8 Å². The van der Waals surface area contributed by atoms with Gasteiger partial charge in [-0.1, -0.05) is 30.3 Å². The molecule has 154 valence electrons. The van der Waals surface area contributed by atoms with Gasteiger partial charge in [-0.15, -0.1) is 0 Å². The number of carbonyl (C=O) groups excluding carboxylic acids is 3. The van der Waals surface area contributed by atoms with Gasteiger partial charge in [0.1, 0.15) is 12.2 Å². The molecule has 0 aromatic heterocycles. The lowest BCUT2D eigenvalue weighted by molar-refractivity contribution is -0.142. The molecule has 8 heteroatoms. The second-order valence-electron chi connectivity index (χ2n) is 7.76. The van der Waals surface area contributed by atoms with E-state index in [0.717, 1.165) is 5.56 Å². The van der Waals surface area contributed by atoms with Crippen molar-refractivity contribution in [2.45, 2.75) is 45.9 Å². The Hall–Kier alpha value is -2.77. The zero-order chi connectivity index (χ0) is 20.7. The molecule has 1 N–H and O–H groups in total. The molecule has 0 bridgehead atoms. The van der Waals surface area contributed by atoms with E-state index in [2.05, 4.69) is 5.32 Å². The van der Waals surface area contributed by atoms with Crippen LogP contribution in [0.5, 0.6) is 0 Å². The van der Waals surface area contributed by atoms with Crippen molar-refractivity contribution >= 4 is 18.2 Å². The number of likely N-dealkylation sites (tertiary alicyclic amines) is 1. The molecule has 1 aliphatic heterocycles. The van der Waals surface area contributed by atoms with E-state index in [9.17, 15) is 14.4 Å². The van der Waals surface area contributed by atoms with Gasteiger partial charge in [0.15, 0.2) is 0 Å². The lowest BCUT2D eigenvalue weighted by atomic mass is 10.1. The summed E-state index contributed by atoms with van der Waals surface area (Å²) in [6.45, 7) is 7.44. The van der Waals surface area contributed by atoms with Crippen LogP contribution in [-0.2, 0) is 25.6 Å². The summed E-state index contributed by atoms with van der Waals surface area (Å²) in [7, 11) is 0. The predicted octanol–water partition coefficient (Wildman–Crippen LogP) is 2.71. The maximum atomic E-state index is 12.4. The Morgan fingerprint density at radius 2 is 1.79 bits per heavy atom. The summed E-state index contributed by atoms with van der Waals surface area (Å²) in [5, 5.41) is 2.77. The van der Waals surface area contributed by atoms with E-state index in [-0.39, 0.29) is 25.7 Å². The fourth-order valence-electron chi connectivity index (χ4n) is 2.85. The first-order valence-corrected chi connectivity index (χ1v) is 9.22. The summed E-state index contributed by atoms with van der Waals surface area (Å²) in [6.07, 6.45) is -1.06. The predicted molar refractivity (Wildman–Crippen MR) is 101 cm³/mol. The molecule has 28 heavy (non-hydrogen) atoms. The second-order valence-corrected chi connectivity index (χ2v) is 7.76. The SMILES string of the molecule is CC(=O)OC[C@H]1CN(C(=O)OCc2ccccc2)C[C@H]1NC(=O)OC(C)(C)C. The highest BCUT2D eigenvalue weighted by Crippen LogP contribution is 2.20. The third-order valence-electron chi connectivity index (χ3n) is 4.11. The molecule has 0 spiro atoms. The van der Waals surface area contributed by atoms with E-state index in [4.69, 9.17) is 14.2 Å². The Balaban J connectivity index is 1.95. The molecule has 0 saturated carbocycles. The number of ether oxygens (including phenoxy) is 3. The molecule has 0 unspecified atom stereocenters. The van der Waals surface area contributed by atoms with Crippen molar-refractivity contribution < 1.29 is 28.6 Å². The van der Waals surface area contributed by atoms with Crippen LogP contribution in [0.3, 0.4) is 0 Å². The van der Waals surface area contributed by atoms with Crippen molar-refractivity contribution in [1.82, 2.24) is 10.2 Å². The van der Waals surface area contributed by atoms with Crippen LogP contribution in [0.2, 0.25) is 0 Å². The van der Waals surface area contributed by atoms with E-state index < -0.39 is 29.8 Å². The molecule has 0 radical (unpaired) electrons. The van der Waals surface area contributed by atoms with Gasteiger partial charge in [-0.25, -0.2) is 9.59 Å². The monoisotopic (exact) mass is 392 g/mol. The Bertz CT molecular complexity index is 686. The highest BCUT2D eigenvalue weighted by molar-refractivity contribution is 5.70. The maximum Gasteiger partial charge on any atom is 0.410 e. The Labute approximate surface area is 165 Å².